The molecule has 0 saturated carbocycles. The van der Waals surface area contributed by atoms with Crippen LogP contribution in [0.3, 0.4) is 0 Å². The second kappa shape index (κ2) is 8.83. The summed E-state index contributed by atoms with van der Waals surface area (Å²) in [6.07, 6.45) is 5.30. The number of nitrogens with zero attached hydrogens (tertiary/aromatic N) is 1. The lowest BCUT2D eigenvalue weighted by Crippen LogP contribution is -2.36. The monoisotopic (exact) mass is 321 g/mol. The number of hydrogen-bond donors (Lipinski definition) is 1. The topological polar surface area (TPSA) is 57.6 Å². The number of benzene rings is 1. The number of amides is 1. The van der Waals surface area contributed by atoms with E-state index in [1.807, 2.05) is 11.0 Å². The first-order valence-corrected chi connectivity index (χ1v) is 8.95. The molecule has 0 aliphatic carbocycles. The van der Waals surface area contributed by atoms with Gasteiger partial charge in [-0.05, 0) is 37.7 Å². The van der Waals surface area contributed by atoms with Crippen molar-refractivity contribution in [1.82, 2.24) is 4.90 Å². The van der Waals surface area contributed by atoms with Crippen molar-refractivity contribution in [2.75, 3.05) is 18.1 Å². The molecule has 1 aromatic rings. The standard InChI is InChI=1S/C17H23NO3S/c19-16(12-22-13-17(20)21)18-11-5-10-15(18)9-4-8-14-6-2-1-3-7-14/h1-3,6-7,15H,4-5,8-13H2,(H,20,21). The molecule has 2 rings (SSSR count). The first kappa shape index (κ1) is 16.9. The lowest BCUT2D eigenvalue weighted by molar-refractivity contribution is -0.133. The maximum atomic E-state index is 12.2. The van der Waals surface area contributed by atoms with Crippen LogP contribution in [0.4, 0.5) is 0 Å². The molecule has 5 heteroatoms. The van der Waals surface area contributed by atoms with Crippen molar-refractivity contribution in [2.45, 2.75) is 38.1 Å². The molecule has 1 N–H and O–H groups in total. The minimum atomic E-state index is -0.862. The highest BCUT2D eigenvalue weighted by atomic mass is 32.2. The number of carbonyl (C=O) groups is 2. The van der Waals surface area contributed by atoms with Gasteiger partial charge in [0.2, 0.25) is 5.91 Å². The number of rotatable bonds is 8. The summed E-state index contributed by atoms with van der Waals surface area (Å²) in [6, 6.07) is 10.7. The quantitative estimate of drug-likeness (QED) is 0.800. The molecule has 1 aliphatic rings. The third kappa shape index (κ3) is 5.37. The molecule has 1 aromatic carbocycles. The third-order valence-electron chi connectivity index (χ3n) is 3.99. The van der Waals surface area contributed by atoms with E-state index in [2.05, 4.69) is 24.3 Å². The molecule has 1 heterocycles. The summed E-state index contributed by atoms with van der Waals surface area (Å²) in [5.41, 5.74) is 1.34. The van der Waals surface area contributed by atoms with Gasteiger partial charge in [-0.1, -0.05) is 30.3 Å². The van der Waals surface area contributed by atoms with Crippen LogP contribution < -0.4 is 0 Å². The predicted molar refractivity (Wildman–Crippen MR) is 89.1 cm³/mol. The van der Waals surface area contributed by atoms with Crippen molar-refractivity contribution in [3.63, 3.8) is 0 Å². The lowest BCUT2D eigenvalue weighted by Gasteiger charge is -2.24. The van der Waals surface area contributed by atoms with Gasteiger partial charge in [0.25, 0.3) is 0 Å². The van der Waals surface area contributed by atoms with Crippen LogP contribution in [0, 0.1) is 0 Å². The summed E-state index contributed by atoms with van der Waals surface area (Å²) in [6.45, 7) is 0.822. The molecule has 1 fully saturated rings. The molecule has 0 spiro atoms. The van der Waals surface area contributed by atoms with Gasteiger partial charge >= 0.3 is 5.97 Å². The molecule has 0 bridgehead atoms. The predicted octanol–water partition coefficient (Wildman–Crippen LogP) is 2.82. The number of aliphatic carboxylic acids is 1. The number of hydrogen-bond acceptors (Lipinski definition) is 3. The second-order valence-electron chi connectivity index (χ2n) is 5.65. The number of likely N-dealkylation sites (tertiary alicyclic amines) is 1. The van der Waals surface area contributed by atoms with E-state index in [9.17, 15) is 9.59 Å². The molecule has 1 saturated heterocycles. The Morgan fingerprint density at radius 1 is 1.23 bits per heavy atom. The minimum Gasteiger partial charge on any atom is -0.481 e. The normalized spacial score (nSPS) is 17.6. The average Bonchev–Trinajstić information content (AvgIpc) is 2.96. The first-order chi connectivity index (χ1) is 10.7. The highest BCUT2D eigenvalue weighted by Gasteiger charge is 2.27. The summed E-state index contributed by atoms with van der Waals surface area (Å²) in [5.74, 6) is -0.494. The molecule has 120 valence electrons. The van der Waals surface area contributed by atoms with Gasteiger partial charge in [0, 0.05) is 12.6 Å². The van der Waals surface area contributed by atoms with Gasteiger partial charge in [0.05, 0.1) is 11.5 Å². The smallest absolute Gasteiger partial charge is 0.313 e. The van der Waals surface area contributed by atoms with E-state index in [0.29, 0.717) is 6.04 Å². The summed E-state index contributed by atoms with van der Waals surface area (Å²) in [7, 11) is 0. The van der Waals surface area contributed by atoms with E-state index in [1.165, 1.54) is 17.3 Å². The van der Waals surface area contributed by atoms with Crippen LogP contribution in [-0.4, -0.2) is 46.0 Å². The zero-order valence-electron chi connectivity index (χ0n) is 12.7. The number of carboxylic acids is 1. The largest absolute Gasteiger partial charge is 0.481 e. The van der Waals surface area contributed by atoms with E-state index in [4.69, 9.17) is 5.11 Å². The van der Waals surface area contributed by atoms with Crippen molar-refractivity contribution < 1.29 is 14.7 Å². The van der Waals surface area contributed by atoms with Crippen molar-refractivity contribution >= 4 is 23.6 Å². The van der Waals surface area contributed by atoms with Gasteiger partial charge in [-0.2, -0.15) is 0 Å². The molecule has 1 amide bonds. The lowest BCUT2D eigenvalue weighted by atomic mass is 10.0. The van der Waals surface area contributed by atoms with Crippen LogP contribution in [0.2, 0.25) is 0 Å². The Labute approximate surface area is 135 Å². The average molecular weight is 321 g/mol. The van der Waals surface area contributed by atoms with E-state index in [0.717, 1.165) is 38.6 Å². The van der Waals surface area contributed by atoms with E-state index in [1.54, 1.807) is 0 Å². The molecular weight excluding hydrogens is 298 g/mol. The summed E-state index contributed by atoms with van der Waals surface area (Å²) < 4.78 is 0. The van der Waals surface area contributed by atoms with E-state index < -0.39 is 5.97 Å². The first-order valence-electron chi connectivity index (χ1n) is 7.80. The van der Waals surface area contributed by atoms with E-state index >= 15 is 0 Å². The van der Waals surface area contributed by atoms with Gasteiger partial charge in [-0.3, -0.25) is 9.59 Å². The van der Waals surface area contributed by atoms with Crippen LogP contribution in [0.1, 0.15) is 31.2 Å². The van der Waals surface area contributed by atoms with Gasteiger partial charge < -0.3 is 10.0 Å². The van der Waals surface area contributed by atoms with Crippen molar-refractivity contribution in [2.24, 2.45) is 0 Å². The van der Waals surface area contributed by atoms with Crippen LogP contribution in [0.25, 0.3) is 0 Å². The van der Waals surface area contributed by atoms with Gasteiger partial charge in [-0.15, -0.1) is 11.8 Å². The fraction of sp³-hybridized carbons (Fsp3) is 0.529. The van der Waals surface area contributed by atoms with Crippen molar-refractivity contribution in [1.29, 1.82) is 0 Å². The fourth-order valence-corrected chi connectivity index (χ4v) is 3.58. The highest BCUT2D eigenvalue weighted by molar-refractivity contribution is 8.00. The molecule has 1 atom stereocenters. The molecule has 1 aliphatic heterocycles. The van der Waals surface area contributed by atoms with Crippen LogP contribution in [0.15, 0.2) is 30.3 Å². The number of thioether (sulfide) groups is 1. The Bertz CT molecular complexity index is 492. The molecule has 0 aromatic heterocycles. The maximum absolute atomic E-state index is 12.2. The minimum absolute atomic E-state index is 0.00173. The van der Waals surface area contributed by atoms with Crippen molar-refractivity contribution in [3.05, 3.63) is 35.9 Å². The van der Waals surface area contributed by atoms with E-state index in [-0.39, 0.29) is 17.4 Å². The van der Waals surface area contributed by atoms with Crippen LogP contribution in [-0.2, 0) is 16.0 Å². The second-order valence-corrected chi connectivity index (χ2v) is 6.63. The highest BCUT2D eigenvalue weighted by Crippen LogP contribution is 2.23. The molecule has 1 unspecified atom stereocenters. The zero-order valence-corrected chi connectivity index (χ0v) is 13.6. The summed E-state index contributed by atoms with van der Waals surface area (Å²) in [5, 5.41) is 8.62. The number of carbonyl (C=O) groups excluding carboxylic acids is 1. The summed E-state index contributed by atoms with van der Waals surface area (Å²) in [4.78, 5) is 24.6. The third-order valence-corrected chi connectivity index (χ3v) is 4.90. The SMILES string of the molecule is O=C(O)CSCC(=O)N1CCCC1CCCc1ccccc1. The molecular formula is C17H23NO3S. The Hall–Kier alpha value is -1.49. The Morgan fingerprint density at radius 3 is 2.73 bits per heavy atom. The number of carboxylic acid groups (broad SMARTS) is 1. The van der Waals surface area contributed by atoms with Gasteiger partial charge in [0.15, 0.2) is 0 Å². The van der Waals surface area contributed by atoms with Crippen LogP contribution >= 0.6 is 11.8 Å². The Morgan fingerprint density at radius 2 is 2.00 bits per heavy atom. The van der Waals surface area contributed by atoms with Gasteiger partial charge in [0.1, 0.15) is 0 Å². The molecule has 22 heavy (non-hydrogen) atoms. The summed E-state index contributed by atoms with van der Waals surface area (Å²) >= 11 is 1.19. The Kier molecular flexibility index (Phi) is 6.77. The number of aryl methyl sites for hydroxylation is 1. The van der Waals surface area contributed by atoms with Gasteiger partial charge in [-0.25, -0.2) is 0 Å². The maximum Gasteiger partial charge on any atom is 0.313 e. The fourth-order valence-electron chi connectivity index (χ4n) is 2.96. The zero-order chi connectivity index (χ0) is 15.8. The molecule has 0 radical (unpaired) electrons. The Balaban J connectivity index is 1.73. The molecule has 4 nitrogen and oxygen atoms in total. The van der Waals surface area contributed by atoms with Crippen LogP contribution in [0.5, 0.6) is 0 Å². The van der Waals surface area contributed by atoms with Crippen molar-refractivity contribution in [3.8, 4) is 0 Å².